The zero-order chi connectivity index (χ0) is 13.1. The Morgan fingerprint density at radius 3 is 2.89 bits per heavy atom. The second-order valence-corrected chi connectivity index (χ2v) is 4.62. The molecule has 2 aromatic heterocycles. The van der Waals surface area contributed by atoms with Gasteiger partial charge >= 0.3 is 0 Å². The summed E-state index contributed by atoms with van der Waals surface area (Å²) >= 11 is 0. The number of unbranched alkanes of at least 4 members (excludes halogenated alkanes) is 2. The summed E-state index contributed by atoms with van der Waals surface area (Å²) in [6.07, 6.45) is 5.08. The standard InChI is InChI=1S/C14H19N3O/c1-4-5-6-7-17-12-8-11(10(2)3)9-15-13(12)16-14(17)18/h8-9H,2,4-7H2,1,3H3,(H,15,16,18). The molecule has 0 fully saturated rings. The maximum atomic E-state index is 9.85. The Morgan fingerprint density at radius 2 is 2.22 bits per heavy atom. The van der Waals surface area contributed by atoms with Gasteiger partial charge in [-0.05, 0) is 30.5 Å². The third-order valence-corrected chi connectivity index (χ3v) is 3.06. The molecular formula is C14H19N3O. The topological polar surface area (TPSA) is 50.9 Å². The Kier molecular flexibility index (Phi) is 3.65. The predicted molar refractivity (Wildman–Crippen MR) is 73.4 cm³/mol. The van der Waals surface area contributed by atoms with Crippen molar-refractivity contribution < 1.29 is 5.11 Å². The molecule has 0 aliphatic heterocycles. The smallest absolute Gasteiger partial charge is 0.296 e. The Morgan fingerprint density at radius 1 is 1.44 bits per heavy atom. The molecule has 0 aliphatic carbocycles. The van der Waals surface area contributed by atoms with Gasteiger partial charge in [-0.25, -0.2) is 4.98 Å². The van der Waals surface area contributed by atoms with Crippen LogP contribution in [-0.4, -0.2) is 19.6 Å². The lowest BCUT2D eigenvalue weighted by atomic mass is 10.1. The molecule has 0 radical (unpaired) electrons. The molecule has 0 aliphatic rings. The number of nitrogens with zero attached hydrogens (tertiary/aromatic N) is 3. The number of rotatable bonds is 5. The monoisotopic (exact) mass is 245 g/mol. The molecule has 0 unspecified atom stereocenters. The summed E-state index contributed by atoms with van der Waals surface area (Å²) < 4.78 is 1.82. The lowest BCUT2D eigenvalue weighted by molar-refractivity contribution is 0.397. The predicted octanol–water partition coefficient (Wildman–Crippen LogP) is 3.36. The number of hydrogen-bond acceptors (Lipinski definition) is 3. The fourth-order valence-corrected chi connectivity index (χ4v) is 1.97. The van der Waals surface area contributed by atoms with Crippen LogP contribution in [0.5, 0.6) is 6.01 Å². The molecule has 0 amide bonds. The van der Waals surface area contributed by atoms with Gasteiger partial charge in [0, 0.05) is 12.7 Å². The molecule has 0 saturated carbocycles. The minimum atomic E-state index is 0.0486. The lowest BCUT2D eigenvalue weighted by Crippen LogP contribution is -1.97. The average Bonchev–Trinajstić information content (AvgIpc) is 2.65. The summed E-state index contributed by atoms with van der Waals surface area (Å²) in [5.41, 5.74) is 3.42. The summed E-state index contributed by atoms with van der Waals surface area (Å²) in [5.74, 6) is 0. The highest BCUT2D eigenvalue weighted by molar-refractivity contribution is 5.77. The molecule has 18 heavy (non-hydrogen) atoms. The molecule has 1 N–H and O–H groups in total. The van der Waals surface area contributed by atoms with Gasteiger partial charge in [0.25, 0.3) is 6.01 Å². The number of imidazole rings is 1. The van der Waals surface area contributed by atoms with E-state index < -0.39 is 0 Å². The molecule has 0 atom stereocenters. The normalized spacial score (nSPS) is 11.0. The highest BCUT2D eigenvalue weighted by Gasteiger charge is 2.11. The van der Waals surface area contributed by atoms with Gasteiger partial charge in [-0.15, -0.1) is 0 Å². The van der Waals surface area contributed by atoms with Crippen molar-refractivity contribution in [3.05, 3.63) is 24.4 Å². The molecule has 0 spiro atoms. The molecule has 4 heteroatoms. The minimum Gasteiger partial charge on any atom is -0.480 e. The van der Waals surface area contributed by atoms with E-state index in [1.807, 2.05) is 17.6 Å². The molecule has 2 heterocycles. The van der Waals surface area contributed by atoms with Gasteiger partial charge in [-0.2, -0.15) is 4.98 Å². The third-order valence-electron chi connectivity index (χ3n) is 3.06. The van der Waals surface area contributed by atoms with Crippen LogP contribution in [0, 0.1) is 0 Å². The van der Waals surface area contributed by atoms with Crippen LogP contribution in [0.15, 0.2) is 18.8 Å². The van der Waals surface area contributed by atoms with Gasteiger partial charge in [-0.1, -0.05) is 26.3 Å². The first-order chi connectivity index (χ1) is 8.63. The first kappa shape index (κ1) is 12.6. The number of aromatic hydroxyl groups is 1. The molecular weight excluding hydrogens is 226 g/mol. The number of pyridine rings is 1. The van der Waals surface area contributed by atoms with Crippen LogP contribution < -0.4 is 0 Å². The number of allylic oxidation sites excluding steroid dienone is 1. The van der Waals surface area contributed by atoms with Gasteiger partial charge in [0.2, 0.25) is 0 Å². The first-order valence-electron chi connectivity index (χ1n) is 6.34. The van der Waals surface area contributed by atoms with Crippen molar-refractivity contribution in [3.63, 3.8) is 0 Å². The first-order valence-corrected chi connectivity index (χ1v) is 6.34. The molecule has 0 saturated heterocycles. The summed E-state index contributed by atoms with van der Waals surface area (Å²) in [7, 11) is 0. The quantitative estimate of drug-likeness (QED) is 0.822. The van der Waals surface area contributed by atoms with Crippen molar-refractivity contribution in [2.75, 3.05) is 0 Å². The second kappa shape index (κ2) is 5.21. The fraction of sp³-hybridized carbons (Fsp3) is 0.429. The van der Waals surface area contributed by atoms with Crippen molar-refractivity contribution in [1.82, 2.24) is 14.5 Å². The summed E-state index contributed by atoms with van der Waals surface area (Å²) in [4.78, 5) is 8.33. The Balaban J connectivity index is 2.40. The Hall–Kier alpha value is -1.84. The SMILES string of the molecule is C=C(C)c1cnc2nc(O)n(CCCCC)c2c1. The number of fused-ring (bicyclic) bond motifs is 1. The zero-order valence-electron chi connectivity index (χ0n) is 11.0. The number of aromatic nitrogens is 3. The van der Waals surface area contributed by atoms with E-state index in [4.69, 9.17) is 0 Å². The third kappa shape index (κ3) is 2.37. The van der Waals surface area contributed by atoms with Crippen LogP contribution in [0.1, 0.15) is 38.7 Å². The van der Waals surface area contributed by atoms with Crippen LogP contribution in [0.25, 0.3) is 16.7 Å². The van der Waals surface area contributed by atoms with E-state index >= 15 is 0 Å². The van der Waals surface area contributed by atoms with Crippen molar-refractivity contribution in [1.29, 1.82) is 0 Å². The second-order valence-electron chi connectivity index (χ2n) is 4.62. The number of aryl methyl sites for hydroxylation is 1. The fourth-order valence-electron chi connectivity index (χ4n) is 1.97. The summed E-state index contributed by atoms with van der Waals surface area (Å²) in [5, 5.41) is 9.85. The van der Waals surface area contributed by atoms with Crippen molar-refractivity contribution in [2.24, 2.45) is 0 Å². The molecule has 4 nitrogen and oxygen atoms in total. The molecule has 96 valence electrons. The maximum Gasteiger partial charge on any atom is 0.296 e. The van der Waals surface area contributed by atoms with E-state index in [0.29, 0.717) is 5.65 Å². The van der Waals surface area contributed by atoms with E-state index in [0.717, 1.165) is 42.5 Å². The maximum absolute atomic E-state index is 9.85. The molecule has 2 rings (SSSR count). The van der Waals surface area contributed by atoms with Gasteiger partial charge in [0.1, 0.15) is 0 Å². The van der Waals surface area contributed by atoms with Gasteiger partial charge in [-0.3, -0.25) is 4.57 Å². The molecule has 0 bridgehead atoms. The largest absolute Gasteiger partial charge is 0.480 e. The van der Waals surface area contributed by atoms with Crippen LogP contribution in [0.4, 0.5) is 0 Å². The van der Waals surface area contributed by atoms with E-state index in [1.165, 1.54) is 0 Å². The summed E-state index contributed by atoms with van der Waals surface area (Å²) in [6, 6.07) is 2.04. The van der Waals surface area contributed by atoms with Crippen LogP contribution in [-0.2, 0) is 6.54 Å². The molecule has 0 aromatic carbocycles. The van der Waals surface area contributed by atoms with E-state index in [2.05, 4.69) is 23.5 Å². The Labute approximate surface area is 107 Å². The van der Waals surface area contributed by atoms with Gasteiger partial charge in [0.15, 0.2) is 5.65 Å². The van der Waals surface area contributed by atoms with Crippen LogP contribution in [0.2, 0.25) is 0 Å². The average molecular weight is 245 g/mol. The van der Waals surface area contributed by atoms with E-state index in [-0.39, 0.29) is 6.01 Å². The zero-order valence-corrected chi connectivity index (χ0v) is 11.0. The minimum absolute atomic E-state index is 0.0486. The van der Waals surface area contributed by atoms with Gasteiger partial charge in [0.05, 0.1) is 5.52 Å². The van der Waals surface area contributed by atoms with Gasteiger partial charge < -0.3 is 5.11 Å². The van der Waals surface area contributed by atoms with Crippen LogP contribution >= 0.6 is 0 Å². The highest BCUT2D eigenvalue weighted by Crippen LogP contribution is 2.22. The lowest BCUT2D eigenvalue weighted by Gasteiger charge is -2.05. The number of hydrogen-bond donors (Lipinski definition) is 1. The Bertz CT molecular complexity index is 572. The van der Waals surface area contributed by atoms with E-state index in [1.54, 1.807) is 6.20 Å². The van der Waals surface area contributed by atoms with Crippen LogP contribution in [0.3, 0.4) is 0 Å². The summed E-state index contributed by atoms with van der Waals surface area (Å²) in [6.45, 7) is 8.79. The van der Waals surface area contributed by atoms with Crippen molar-refractivity contribution >= 4 is 16.7 Å². The van der Waals surface area contributed by atoms with Crippen molar-refractivity contribution in [3.8, 4) is 6.01 Å². The highest BCUT2D eigenvalue weighted by atomic mass is 16.3. The van der Waals surface area contributed by atoms with Crippen molar-refractivity contribution in [2.45, 2.75) is 39.7 Å². The van der Waals surface area contributed by atoms with E-state index in [9.17, 15) is 5.11 Å². The molecule has 2 aromatic rings.